The molecule has 0 saturated carbocycles. The molecule has 1 N–H and O–H groups in total. The fourth-order valence-corrected chi connectivity index (χ4v) is 2.63. The van der Waals surface area contributed by atoms with E-state index >= 15 is 0 Å². The Hall–Kier alpha value is -1.97. The van der Waals surface area contributed by atoms with Crippen LogP contribution in [0.3, 0.4) is 0 Å². The Balaban J connectivity index is 2.43. The normalized spacial score (nSPS) is 20.1. The van der Waals surface area contributed by atoms with E-state index in [2.05, 4.69) is 4.98 Å². The van der Waals surface area contributed by atoms with Gasteiger partial charge in [0.1, 0.15) is 11.9 Å². The number of aromatic amines is 1. The van der Waals surface area contributed by atoms with E-state index < -0.39 is 0 Å². The smallest absolute Gasteiger partial charge is 0.199 e. The van der Waals surface area contributed by atoms with Crippen molar-refractivity contribution in [2.45, 2.75) is 32.3 Å². The number of fused-ring (bicyclic) bond motifs is 2. The number of H-pyrrole nitrogens is 1. The molecule has 0 saturated heterocycles. The van der Waals surface area contributed by atoms with Gasteiger partial charge in [-0.15, -0.1) is 0 Å². The Morgan fingerprint density at radius 2 is 2.11 bits per heavy atom. The molecule has 19 heavy (non-hydrogen) atoms. The summed E-state index contributed by atoms with van der Waals surface area (Å²) in [5, 5.41) is 0.642. The quantitative estimate of drug-likeness (QED) is 0.856. The van der Waals surface area contributed by atoms with Gasteiger partial charge in [0.05, 0.1) is 18.2 Å². The lowest BCUT2D eigenvalue weighted by Gasteiger charge is -2.21. The van der Waals surface area contributed by atoms with Crippen molar-refractivity contribution in [2.75, 3.05) is 7.11 Å². The molecule has 1 aliphatic heterocycles. The minimum Gasteiger partial charge on any atom is -0.495 e. The second kappa shape index (κ2) is 3.76. The molecule has 1 aromatic heterocycles. The number of methoxy groups -OCH3 is 1. The highest BCUT2D eigenvalue weighted by Crippen LogP contribution is 2.40. The molecule has 1 aliphatic rings. The van der Waals surface area contributed by atoms with Crippen molar-refractivity contribution in [1.82, 2.24) is 4.98 Å². The first-order valence-corrected chi connectivity index (χ1v) is 6.37. The summed E-state index contributed by atoms with van der Waals surface area (Å²) in [6.07, 6.45) is -0.0331. The van der Waals surface area contributed by atoms with Crippen molar-refractivity contribution in [2.24, 2.45) is 0 Å². The Bertz CT molecular complexity index is 715. The fourth-order valence-electron chi connectivity index (χ4n) is 2.63. The highest BCUT2D eigenvalue weighted by Gasteiger charge is 2.42. The van der Waals surface area contributed by atoms with Crippen LogP contribution in [0.1, 0.15) is 26.3 Å². The first-order valence-electron chi connectivity index (χ1n) is 6.37. The summed E-state index contributed by atoms with van der Waals surface area (Å²) in [6, 6.07) is 5.47. The summed E-state index contributed by atoms with van der Waals surface area (Å²) in [7, 11) is 1.59. The minimum atomic E-state index is -0.291. The maximum absolute atomic E-state index is 12.7. The van der Waals surface area contributed by atoms with Gasteiger partial charge in [0.15, 0.2) is 11.3 Å². The molecule has 2 aromatic rings. The van der Waals surface area contributed by atoms with Crippen molar-refractivity contribution in [3.63, 3.8) is 0 Å². The topological polar surface area (TPSA) is 51.3 Å². The third-order valence-corrected chi connectivity index (χ3v) is 4.14. The summed E-state index contributed by atoms with van der Waals surface area (Å²) in [4.78, 5) is 15.9. The van der Waals surface area contributed by atoms with Crippen LogP contribution in [0.25, 0.3) is 10.9 Å². The largest absolute Gasteiger partial charge is 0.495 e. The zero-order valence-electron chi connectivity index (χ0n) is 11.5. The van der Waals surface area contributed by atoms with Gasteiger partial charge >= 0.3 is 0 Å². The van der Waals surface area contributed by atoms with Gasteiger partial charge in [-0.3, -0.25) is 4.79 Å². The third-order valence-electron chi connectivity index (χ3n) is 4.14. The van der Waals surface area contributed by atoms with Gasteiger partial charge < -0.3 is 14.5 Å². The first kappa shape index (κ1) is 12.1. The van der Waals surface area contributed by atoms with E-state index in [1.807, 2.05) is 39.0 Å². The van der Waals surface area contributed by atoms with Gasteiger partial charge in [-0.25, -0.2) is 0 Å². The molecule has 100 valence electrons. The molecule has 2 heterocycles. The van der Waals surface area contributed by atoms with Gasteiger partial charge in [0.25, 0.3) is 0 Å². The maximum Gasteiger partial charge on any atom is 0.199 e. The van der Waals surface area contributed by atoms with E-state index in [0.29, 0.717) is 22.5 Å². The highest BCUT2D eigenvalue weighted by atomic mass is 16.5. The number of aromatic nitrogens is 1. The predicted molar refractivity (Wildman–Crippen MR) is 74.2 cm³/mol. The monoisotopic (exact) mass is 259 g/mol. The fraction of sp³-hybridized carbons (Fsp3) is 0.400. The third kappa shape index (κ3) is 1.49. The van der Waals surface area contributed by atoms with Crippen LogP contribution in [-0.4, -0.2) is 18.2 Å². The number of para-hydroxylation sites is 1. The molecule has 0 amide bonds. The molecule has 1 aromatic carbocycles. The molecular weight excluding hydrogens is 242 g/mol. The Labute approximate surface area is 111 Å². The average molecular weight is 259 g/mol. The summed E-state index contributed by atoms with van der Waals surface area (Å²) >= 11 is 0. The minimum absolute atomic E-state index is 0.0250. The molecule has 3 rings (SSSR count). The first-order chi connectivity index (χ1) is 8.96. The maximum atomic E-state index is 12.7. The molecule has 4 nitrogen and oxygen atoms in total. The zero-order valence-corrected chi connectivity index (χ0v) is 11.5. The molecule has 0 spiro atoms. The van der Waals surface area contributed by atoms with Crippen LogP contribution in [0, 0.1) is 0 Å². The van der Waals surface area contributed by atoms with Gasteiger partial charge in [0, 0.05) is 10.8 Å². The van der Waals surface area contributed by atoms with Gasteiger partial charge in [-0.2, -0.15) is 0 Å². The highest BCUT2D eigenvalue weighted by molar-refractivity contribution is 5.86. The van der Waals surface area contributed by atoms with E-state index in [9.17, 15) is 4.79 Å². The van der Waals surface area contributed by atoms with Gasteiger partial charge in [-0.05, 0) is 19.1 Å². The average Bonchev–Trinajstić information content (AvgIpc) is 2.60. The predicted octanol–water partition coefficient (Wildman–Crippen LogP) is 2.60. The van der Waals surface area contributed by atoms with Crippen molar-refractivity contribution in [3.05, 3.63) is 34.0 Å². The number of hydrogen-bond donors (Lipinski definition) is 1. The summed E-state index contributed by atoms with van der Waals surface area (Å²) < 4.78 is 11.1. The van der Waals surface area contributed by atoms with Crippen molar-refractivity contribution < 1.29 is 9.47 Å². The molecular formula is C15H17NO3. The lowest BCUT2D eigenvalue weighted by molar-refractivity contribution is 0.181. The summed E-state index contributed by atoms with van der Waals surface area (Å²) in [6.45, 7) is 6.05. The lowest BCUT2D eigenvalue weighted by Crippen LogP contribution is -2.32. The van der Waals surface area contributed by atoms with Crippen molar-refractivity contribution in [3.8, 4) is 11.6 Å². The second-order valence-corrected chi connectivity index (χ2v) is 5.52. The van der Waals surface area contributed by atoms with E-state index in [1.54, 1.807) is 7.11 Å². The van der Waals surface area contributed by atoms with E-state index in [1.165, 1.54) is 0 Å². The molecule has 0 fully saturated rings. The number of rotatable bonds is 1. The Morgan fingerprint density at radius 1 is 1.37 bits per heavy atom. The van der Waals surface area contributed by atoms with Crippen LogP contribution >= 0.6 is 0 Å². The van der Waals surface area contributed by atoms with Gasteiger partial charge in [-0.1, -0.05) is 19.9 Å². The number of pyridine rings is 1. The number of nitrogens with one attached hydrogen (secondary N) is 1. The van der Waals surface area contributed by atoms with Crippen LogP contribution < -0.4 is 14.9 Å². The van der Waals surface area contributed by atoms with E-state index in [-0.39, 0.29) is 16.9 Å². The van der Waals surface area contributed by atoms with Crippen LogP contribution in [0.2, 0.25) is 0 Å². The van der Waals surface area contributed by atoms with Crippen LogP contribution in [0.4, 0.5) is 0 Å². The Kier molecular flexibility index (Phi) is 2.39. The zero-order chi connectivity index (χ0) is 13.8. The SMILES string of the molecule is COc1cccc2c(=O)c3c([nH]c12)O[C@@H](C)C3(C)C. The van der Waals surface area contributed by atoms with Gasteiger partial charge in [0.2, 0.25) is 0 Å². The molecule has 0 aliphatic carbocycles. The number of hydrogen-bond acceptors (Lipinski definition) is 3. The summed E-state index contributed by atoms with van der Waals surface area (Å²) in [5.41, 5.74) is 1.15. The standard InChI is InChI=1S/C15H17NO3/c1-8-15(2,3)11-13(17)9-6-5-7-10(18-4)12(9)16-14(11)19-8/h5-8H,1-4H3,(H,16,17)/t8-/m0/s1. The molecule has 4 heteroatoms. The molecule has 0 radical (unpaired) electrons. The summed E-state index contributed by atoms with van der Waals surface area (Å²) in [5.74, 6) is 1.22. The molecule has 1 atom stereocenters. The van der Waals surface area contributed by atoms with Crippen LogP contribution in [-0.2, 0) is 5.41 Å². The molecule has 0 unspecified atom stereocenters. The van der Waals surface area contributed by atoms with E-state index in [0.717, 1.165) is 5.56 Å². The van der Waals surface area contributed by atoms with E-state index in [4.69, 9.17) is 9.47 Å². The number of ether oxygens (including phenoxy) is 2. The van der Waals surface area contributed by atoms with Crippen LogP contribution in [0.15, 0.2) is 23.0 Å². The van der Waals surface area contributed by atoms with Crippen LogP contribution in [0.5, 0.6) is 11.6 Å². The lowest BCUT2D eigenvalue weighted by atomic mass is 9.82. The molecule has 0 bridgehead atoms. The second-order valence-electron chi connectivity index (χ2n) is 5.52. The van der Waals surface area contributed by atoms with Crippen molar-refractivity contribution >= 4 is 10.9 Å². The number of benzene rings is 1. The van der Waals surface area contributed by atoms with Crippen molar-refractivity contribution in [1.29, 1.82) is 0 Å². The Morgan fingerprint density at radius 3 is 2.79 bits per heavy atom.